The van der Waals surface area contributed by atoms with Gasteiger partial charge in [0.1, 0.15) is 5.76 Å². The van der Waals surface area contributed by atoms with Gasteiger partial charge in [0.25, 0.3) is 0 Å². The van der Waals surface area contributed by atoms with Crippen molar-refractivity contribution < 1.29 is 17.6 Å². The summed E-state index contributed by atoms with van der Waals surface area (Å²) >= 11 is 5.97. The van der Waals surface area contributed by atoms with Gasteiger partial charge in [-0.1, -0.05) is 23.7 Å². The molecular weight excluding hydrogens is 340 g/mol. The van der Waals surface area contributed by atoms with E-state index in [0.29, 0.717) is 16.5 Å². The van der Waals surface area contributed by atoms with Crippen molar-refractivity contribution in [1.29, 1.82) is 0 Å². The van der Waals surface area contributed by atoms with Crippen LogP contribution < -0.4 is 5.32 Å². The van der Waals surface area contributed by atoms with Gasteiger partial charge in [0.2, 0.25) is 15.9 Å². The highest BCUT2D eigenvalue weighted by Gasteiger charge is 2.19. The molecule has 0 saturated heterocycles. The number of hydrogen-bond donors (Lipinski definition) is 1. The molecule has 23 heavy (non-hydrogen) atoms. The van der Waals surface area contributed by atoms with Crippen LogP contribution in [0.3, 0.4) is 0 Å². The van der Waals surface area contributed by atoms with Gasteiger partial charge in [-0.3, -0.25) is 4.79 Å². The van der Waals surface area contributed by atoms with Gasteiger partial charge in [-0.2, -0.15) is 4.31 Å². The molecule has 1 aromatic carbocycles. The summed E-state index contributed by atoms with van der Waals surface area (Å²) < 4.78 is 30.0. The van der Waals surface area contributed by atoms with Gasteiger partial charge in [-0.05, 0) is 24.3 Å². The van der Waals surface area contributed by atoms with Gasteiger partial charge in [-0.25, -0.2) is 8.42 Å². The number of carbonyl (C=O) groups excluding carboxylic acids is 1. The molecule has 0 atom stereocenters. The van der Waals surface area contributed by atoms with E-state index in [1.165, 1.54) is 10.6 Å². The van der Waals surface area contributed by atoms with E-state index >= 15 is 0 Å². The van der Waals surface area contributed by atoms with E-state index < -0.39 is 10.0 Å². The van der Waals surface area contributed by atoms with Crippen molar-refractivity contribution in [2.24, 2.45) is 0 Å². The number of amides is 1. The highest BCUT2D eigenvalue weighted by atomic mass is 35.5. The number of rotatable bonds is 7. The highest BCUT2D eigenvalue weighted by Crippen LogP contribution is 2.20. The van der Waals surface area contributed by atoms with Crippen LogP contribution in [-0.2, 0) is 21.4 Å². The Morgan fingerprint density at radius 1 is 1.26 bits per heavy atom. The molecule has 1 heterocycles. The van der Waals surface area contributed by atoms with Crippen LogP contribution in [-0.4, -0.2) is 31.4 Å². The van der Waals surface area contributed by atoms with Crippen molar-refractivity contribution in [3.8, 4) is 0 Å². The minimum Gasteiger partial charge on any atom is -0.468 e. The first-order valence-electron chi connectivity index (χ1n) is 6.88. The molecule has 1 amide bonds. The third-order valence-corrected chi connectivity index (χ3v) is 4.70. The lowest BCUT2D eigenvalue weighted by Crippen LogP contribution is -2.32. The molecule has 0 fully saturated rings. The largest absolute Gasteiger partial charge is 0.468 e. The van der Waals surface area contributed by atoms with Gasteiger partial charge in [-0.15, -0.1) is 0 Å². The molecule has 1 aromatic heterocycles. The molecule has 0 radical (unpaired) electrons. The topological polar surface area (TPSA) is 79.6 Å². The van der Waals surface area contributed by atoms with E-state index in [9.17, 15) is 13.2 Å². The third kappa shape index (κ3) is 5.38. The van der Waals surface area contributed by atoms with E-state index in [4.69, 9.17) is 16.0 Å². The Morgan fingerprint density at radius 3 is 2.61 bits per heavy atom. The van der Waals surface area contributed by atoms with Crippen LogP contribution in [0.25, 0.3) is 0 Å². The maximum atomic E-state index is 12.0. The van der Waals surface area contributed by atoms with Crippen LogP contribution >= 0.6 is 11.6 Å². The maximum Gasteiger partial charge on any atom is 0.225 e. The summed E-state index contributed by atoms with van der Waals surface area (Å²) in [6.45, 7) is 0.140. The standard InChI is InChI=1S/C15H17ClN2O4S/c1-23(20,21)18(11-12-5-4-10-22-12)9-8-15(19)17-14-7-3-2-6-13(14)16/h2-7,10H,8-9,11H2,1H3,(H,17,19). The summed E-state index contributed by atoms with van der Waals surface area (Å²) in [5, 5.41) is 3.09. The first-order valence-corrected chi connectivity index (χ1v) is 9.11. The molecule has 0 aliphatic heterocycles. The van der Waals surface area contributed by atoms with Gasteiger partial charge >= 0.3 is 0 Å². The summed E-state index contributed by atoms with van der Waals surface area (Å²) in [7, 11) is -3.45. The van der Waals surface area contributed by atoms with E-state index in [-0.39, 0.29) is 25.4 Å². The van der Waals surface area contributed by atoms with Crippen molar-refractivity contribution in [2.45, 2.75) is 13.0 Å². The fourth-order valence-electron chi connectivity index (χ4n) is 1.94. The fourth-order valence-corrected chi connectivity index (χ4v) is 2.91. The number of furan rings is 1. The number of para-hydroxylation sites is 1. The van der Waals surface area contributed by atoms with Crippen molar-refractivity contribution in [3.63, 3.8) is 0 Å². The van der Waals surface area contributed by atoms with E-state index in [1.54, 1.807) is 36.4 Å². The minimum atomic E-state index is -3.45. The Bertz CT molecular complexity index is 760. The Labute approximate surface area is 140 Å². The molecule has 2 rings (SSSR count). The molecule has 0 bridgehead atoms. The molecule has 6 nitrogen and oxygen atoms in total. The molecule has 0 spiro atoms. The van der Waals surface area contributed by atoms with Crippen LogP contribution in [0.1, 0.15) is 12.2 Å². The highest BCUT2D eigenvalue weighted by molar-refractivity contribution is 7.88. The number of nitrogens with one attached hydrogen (secondary N) is 1. The molecule has 8 heteroatoms. The molecule has 0 saturated carbocycles. The number of benzene rings is 1. The van der Waals surface area contributed by atoms with E-state index in [2.05, 4.69) is 5.32 Å². The molecule has 124 valence electrons. The molecule has 1 N–H and O–H groups in total. The third-order valence-electron chi connectivity index (χ3n) is 3.12. The zero-order valence-corrected chi connectivity index (χ0v) is 14.1. The fraction of sp³-hybridized carbons (Fsp3) is 0.267. The molecular formula is C15H17ClN2O4S. The lowest BCUT2D eigenvalue weighted by molar-refractivity contribution is -0.116. The molecule has 0 aliphatic carbocycles. The zero-order valence-electron chi connectivity index (χ0n) is 12.5. The van der Waals surface area contributed by atoms with Crippen molar-refractivity contribution in [2.75, 3.05) is 18.1 Å². The van der Waals surface area contributed by atoms with Crippen LogP contribution in [0.4, 0.5) is 5.69 Å². The van der Waals surface area contributed by atoms with Gasteiger partial charge < -0.3 is 9.73 Å². The number of sulfonamides is 1. The lowest BCUT2D eigenvalue weighted by Gasteiger charge is -2.18. The Morgan fingerprint density at radius 2 is 2.00 bits per heavy atom. The maximum absolute atomic E-state index is 12.0. The number of hydrogen-bond acceptors (Lipinski definition) is 4. The first kappa shape index (κ1) is 17.5. The molecule has 0 unspecified atom stereocenters. The summed E-state index contributed by atoms with van der Waals surface area (Å²) in [6.07, 6.45) is 2.58. The van der Waals surface area contributed by atoms with E-state index in [1.807, 2.05) is 0 Å². The average Bonchev–Trinajstić information content (AvgIpc) is 2.98. The summed E-state index contributed by atoms with van der Waals surface area (Å²) in [6, 6.07) is 10.2. The van der Waals surface area contributed by atoms with Crippen LogP contribution in [0.5, 0.6) is 0 Å². The number of halogens is 1. The Kier molecular flexibility index (Phi) is 5.81. The minimum absolute atomic E-state index is 0.0129. The second-order valence-corrected chi connectivity index (χ2v) is 7.34. The van der Waals surface area contributed by atoms with Crippen molar-refractivity contribution >= 4 is 33.2 Å². The van der Waals surface area contributed by atoms with E-state index in [0.717, 1.165) is 6.26 Å². The van der Waals surface area contributed by atoms with Crippen LogP contribution in [0.15, 0.2) is 47.1 Å². The quantitative estimate of drug-likeness (QED) is 0.827. The number of anilines is 1. The first-order chi connectivity index (χ1) is 10.9. The van der Waals surface area contributed by atoms with Gasteiger partial charge in [0.15, 0.2) is 0 Å². The normalized spacial score (nSPS) is 11.6. The Balaban J connectivity index is 1.95. The SMILES string of the molecule is CS(=O)(=O)N(CCC(=O)Nc1ccccc1Cl)Cc1ccco1. The predicted molar refractivity (Wildman–Crippen MR) is 88.7 cm³/mol. The predicted octanol–water partition coefficient (Wildman–Crippen LogP) is 2.72. The average molecular weight is 357 g/mol. The summed E-state index contributed by atoms with van der Waals surface area (Å²) in [5.41, 5.74) is 0.496. The van der Waals surface area contributed by atoms with Gasteiger partial charge in [0.05, 0.1) is 29.8 Å². The van der Waals surface area contributed by atoms with Crippen molar-refractivity contribution in [3.05, 3.63) is 53.4 Å². The second-order valence-electron chi connectivity index (χ2n) is 4.95. The Hall–Kier alpha value is -1.83. The lowest BCUT2D eigenvalue weighted by atomic mass is 10.3. The van der Waals surface area contributed by atoms with Crippen LogP contribution in [0, 0.1) is 0 Å². The summed E-state index contributed by atoms with van der Waals surface area (Å²) in [5.74, 6) is 0.202. The second kappa shape index (κ2) is 7.63. The monoisotopic (exact) mass is 356 g/mol. The van der Waals surface area contributed by atoms with Crippen molar-refractivity contribution in [1.82, 2.24) is 4.31 Å². The van der Waals surface area contributed by atoms with Gasteiger partial charge in [0, 0.05) is 13.0 Å². The zero-order chi connectivity index (χ0) is 16.9. The molecule has 0 aliphatic rings. The van der Waals surface area contributed by atoms with Crippen LogP contribution in [0.2, 0.25) is 5.02 Å². The molecule has 2 aromatic rings. The smallest absolute Gasteiger partial charge is 0.225 e. The number of nitrogens with zero attached hydrogens (tertiary/aromatic N) is 1. The number of carbonyl (C=O) groups is 1. The summed E-state index contributed by atoms with van der Waals surface area (Å²) in [4.78, 5) is 12.0.